The van der Waals surface area contributed by atoms with Gasteiger partial charge in [-0.25, -0.2) is 0 Å². The second kappa shape index (κ2) is 7.03. The van der Waals surface area contributed by atoms with Crippen molar-refractivity contribution >= 4 is 23.2 Å². The highest BCUT2D eigenvalue weighted by Crippen LogP contribution is 2.30. The van der Waals surface area contributed by atoms with Gasteiger partial charge in [0, 0.05) is 16.5 Å². The Kier molecular flexibility index (Phi) is 5.34. The zero-order chi connectivity index (χ0) is 15.4. The van der Waals surface area contributed by atoms with Gasteiger partial charge >= 0.3 is 0 Å². The number of ether oxygens (including phenoxy) is 2. The van der Waals surface area contributed by atoms with Crippen LogP contribution in [-0.2, 0) is 6.42 Å². The maximum absolute atomic E-state index is 10.3. The predicted octanol–water partition coefficient (Wildman–Crippen LogP) is 4.29. The Balaban J connectivity index is 2.20. The Morgan fingerprint density at radius 1 is 0.952 bits per heavy atom. The molecule has 2 aromatic rings. The molecule has 1 N–H and O–H groups in total. The van der Waals surface area contributed by atoms with Crippen LogP contribution in [0.3, 0.4) is 0 Å². The van der Waals surface area contributed by atoms with Gasteiger partial charge in [0.05, 0.1) is 20.3 Å². The van der Waals surface area contributed by atoms with Crippen molar-refractivity contribution in [1.82, 2.24) is 0 Å². The highest BCUT2D eigenvalue weighted by molar-refractivity contribution is 6.34. The Bertz CT molecular complexity index is 609. The van der Waals surface area contributed by atoms with Gasteiger partial charge in [-0.15, -0.1) is 0 Å². The van der Waals surface area contributed by atoms with Crippen LogP contribution in [0.25, 0.3) is 0 Å². The lowest BCUT2D eigenvalue weighted by molar-refractivity contribution is 0.178. The number of aliphatic hydroxyl groups is 1. The highest BCUT2D eigenvalue weighted by atomic mass is 35.5. The predicted molar refractivity (Wildman–Crippen MR) is 84.7 cm³/mol. The van der Waals surface area contributed by atoms with Crippen LogP contribution in [-0.4, -0.2) is 19.3 Å². The standard InChI is InChI=1S/C16H16Cl2O3/c1-20-15-4-3-10(6-16(15)21-2)5-14(19)11-7-12(17)9-13(18)8-11/h3-4,6-9,14,19H,5H2,1-2H3. The molecule has 0 radical (unpaired) electrons. The van der Waals surface area contributed by atoms with E-state index in [4.69, 9.17) is 32.7 Å². The fourth-order valence-corrected chi connectivity index (χ4v) is 2.66. The third-order valence-corrected chi connectivity index (χ3v) is 3.58. The Morgan fingerprint density at radius 3 is 2.14 bits per heavy atom. The van der Waals surface area contributed by atoms with Crippen LogP contribution >= 0.6 is 23.2 Å². The molecule has 2 rings (SSSR count). The molecule has 0 heterocycles. The van der Waals surface area contributed by atoms with E-state index in [1.54, 1.807) is 32.4 Å². The molecule has 5 heteroatoms. The van der Waals surface area contributed by atoms with Gasteiger partial charge < -0.3 is 14.6 Å². The van der Waals surface area contributed by atoms with E-state index in [1.807, 2.05) is 18.2 Å². The van der Waals surface area contributed by atoms with Crippen LogP contribution in [0.5, 0.6) is 11.5 Å². The molecule has 1 unspecified atom stereocenters. The number of aliphatic hydroxyl groups excluding tert-OH is 1. The van der Waals surface area contributed by atoms with Crippen LogP contribution in [0.1, 0.15) is 17.2 Å². The lowest BCUT2D eigenvalue weighted by atomic mass is 10.0. The summed E-state index contributed by atoms with van der Waals surface area (Å²) in [5.41, 5.74) is 1.61. The molecule has 0 fully saturated rings. The van der Waals surface area contributed by atoms with Gasteiger partial charge in [0.25, 0.3) is 0 Å². The van der Waals surface area contributed by atoms with Gasteiger partial charge in [0.15, 0.2) is 11.5 Å². The maximum atomic E-state index is 10.3. The summed E-state index contributed by atoms with van der Waals surface area (Å²) < 4.78 is 10.4. The fraction of sp³-hybridized carbons (Fsp3) is 0.250. The van der Waals surface area contributed by atoms with Gasteiger partial charge in [-0.3, -0.25) is 0 Å². The number of rotatable bonds is 5. The molecule has 3 nitrogen and oxygen atoms in total. The molecule has 0 aliphatic carbocycles. The average Bonchev–Trinajstić information content (AvgIpc) is 2.46. The van der Waals surface area contributed by atoms with E-state index in [0.717, 1.165) is 5.56 Å². The topological polar surface area (TPSA) is 38.7 Å². The molecule has 112 valence electrons. The van der Waals surface area contributed by atoms with Crippen molar-refractivity contribution in [2.75, 3.05) is 14.2 Å². The van der Waals surface area contributed by atoms with Gasteiger partial charge in [-0.05, 0) is 41.5 Å². The summed E-state index contributed by atoms with van der Waals surface area (Å²) in [7, 11) is 3.16. The van der Waals surface area contributed by atoms with Crippen molar-refractivity contribution in [2.24, 2.45) is 0 Å². The van der Waals surface area contributed by atoms with Crippen molar-refractivity contribution in [3.63, 3.8) is 0 Å². The maximum Gasteiger partial charge on any atom is 0.160 e. The van der Waals surface area contributed by atoms with Gasteiger partial charge in [-0.2, -0.15) is 0 Å². The zero-order valence-electron chi connectivity index (χ0n) is 11.8. The largest absolute Gasteiger partial charge is 0.493 e. The first kappa shape index (κ1) is 16.0. The molecule has 0 aliphatic heterocycles. The molecule has 21 heavy (non-hydrogen) atoms. The van der Waals surface area contributed by atoms with Crippen LogP contribution in [0, 0.1) is 0 Å². The molecule has 0 bridgehead atoms. The summed E-state index contributed by atoms with van der Waals surface area (Å²) in [6.45, 7) is 0. The van der Waals surface area contributed by atoms with Crippen molar-refractivity contribution in [3.05, 3.63) is 57.6 Å². The number of methoxy groups -OCH3 is 2. The molecule has 1 atom stereocenters. The van der Waals surface area contributed by atoms with E-state index in [2.05, 4.69) is 0 Å². The Labute approximate surface area is 134 Å². The van der Waals surface area contributed by atoms with Gasteiger partial charge in [0.2, 0.25) is 0 Å². The first-order valence-electron chi connectivity index (χ1n) is 6.38. The normalized spacial score (nSPS) is 12.0. The Morgan fingerprint density at radius 2 is 1.57 bits per heavy atom. The molecule has 2 aromatic carbocycles. The van der Waals surface area contributed by atoms with Crippen molar-refractivity contribution in [1.29, 1.82) is 0 Å². The number of hydrogen-bond acceptors (Lipinski definition) is 3. The fourth-order valence-electron chi connectivity index (χ4n) is 2.12. The third-order valence-electron chi connectivity index (χ3n) is 3.15. The molecule has 0 aliphatic rings. The number of benzene rings is 2. The second-order valence-electron chi connectivity index (χ2n) is 4.61. The minimum atomic E-state index is -0.695. The van der Waals surface area contributed by atoms with Crippen LogP contribution < -0.4 is 9.47 Å². The third kappa shape index (κ3) is 4.03. The lowest BCUT2D eigenvalue weighted by Crippen LogP contribution is -2.02. The summed E-state index contributed by atoms with van der Waals surface area (Å²) in [4.78, 5) is 0. The van der Waals surface area contributed by atoms with E-state index in [-0.39, 0.29) is 0 Å². The highest BCUT2D eigenvalue weighted by Gasteiger charge is 2.12. The molecule has 0 saturated carbocycles. The molecular weight excluding hydrogens is 311 g/mol. The smallest absolute Gasteiger partial charge is 0.160 e. The minimum Gasteiger partial charge on any atom is -0.493 e. The SMILES string of the molecule is COc1ccc(CC(O)c2cc(Cl)cc(Cl)c2)cc1OC. The summed E-state index contributed by atoms with van der Waals surface area (Å²) >= 11 is 11.9. The monoisotopic (exact) mass is 326 g/mol. The molecule has 0 spiro atoms. The molecular formula is C16H16Cl2O3. The second-order valence-corrected chi connectivity index (χ2v) is 5.48. The first-order valence-corrected chi connectivity index (χ1v) is 7.14. The van der Waals surface area contributed by atoms with E-state index in [0.29, 0.717) is 33.5 Å². The summed E-state index contributed by atoms with van der Waals surface area (Å²) in [5, 5.41) is 11.3. The van der Waals surface area contributed by atoms with Crippen LogP contribution in [0.2, 0.25) is 10.0 Å². The average molecular weight is 327 g/mol. The van der Waals surface area contributed by atoms with Crippen molar-refractivity contribution in [3.8, 4) is 11.5 Å². The molecule has 0 saturated heterocycles. The quantitative estimate of drug-likeness (QED) is 0.890. The number of halogens is 2. The van der Waals surface area contributed by atoms with Crippen molar-refractivity contribution < 1.29 is 14.6 Å². The van der Waals surface area contributed by atoms with Crippen LogP contribution in [0.15, 0.2) is 36.4 Å². The van der Waals surface area contributed by atoms with E-state index in [1.165, 1.54) is 0 Å². The van der Waals surface area contributed by atoms with E-state index >= 15 is 0 Å². The lowest BCUT2D eigenvalue weighted by Gasteiger charge is -2.14. The van der Waals surface area contributed by atoms with E-state index < -0.39 is 6.10 Å². The first-order chi connectivity index (χ1) is 10.0. The Hall–Kier alpha value is -1.42. The van der Waals surface area contributed by atoms with Crippen molar-refractivity contribution in [2.45, 2.75) is 12.5 Å². The minimum absolute atomic E-state index is 0.428. The molecule has 0 aromatic heterocycles. The molecule has 0 amide bonds. The van der Waals surface area contributed by atoms with Gasteiger partial charge in [-0.1, -0.05) is 29.3 Å². The van der Waals surface area contributed by atoms with Gasteiger partial charge in [0.1, 0.15) is 0 Å². The number of hydrogen-bond donors (Lipinski definition) is 1. The summed E-state index contributed by atoms with van der Waals surface area (Å²) in [6.07, 6.45) is -0.267. The van der Waals surface area contributed by atoms with Crippen LogP contribution in [0.4, 0.5) is 0 Å². The van der Waals surface area contributed by atoms with E-state index in [9.17, 15) is 5.11 Å². The summed E-state index contributed by atoms with van der Waals surface area (Å²) in [5.74, 6) is 1.29. The zero-order valence-corrected chi connectivity index (χ0v) is 13.3. The summed E-state index contributed by atoms with van der Waals surface area (Å²) in [6, 6.07) is 10.6.